The van der Waals surface area contributed by atoms with Crippen LogP contribution in [0.3, 0.4) is 0 Å². The van der Waals surface area contributed by atoms with Crippen LogP contribution in [-0.2, 0) is 14.3 Å². The van der Waals surface area contributed by atoms with Gasteiger partial charge in [0.2, 0.25) is 0 Å². The molecule has 5 nitrogen and oxygen atoms in total. The standard InChI is InChI=1S/C17H32ClNO4/c1-3-5-7-9-11-15(19-17(21)23-14-12-18)16(20)22-13-10-8-6-4-2/h15H,3-14H2,1-2H3,(H,19,21). The molecule has 0 fully saturated rings. The van der Waals surface area contributed by atoms with Crippen molar-refractivity contribution < 1.29 is 19.1 Å². The Labute approximate surface area is 145 Å². The second-order valence-electron chi connectivity index (χ2n) is 5.60. The van der Waals surface area contributed by atoms with E-state index in [0.717, 1.165) is 51.4 Å². The van der Waals surface area contributed by atoms with Crippen LogP contribution < -0.4 is 5.32 Å². The van der Waals surface area contributed by atoms with E-state index >= 15 is 0 Å². The van der Waals surface area contributed by atoms with Crippen molar-refractivity contribution in [2.45, 2.75) is 77.7 Å². The molecule has 0 spiro atoms. The fourth-order valence-corrected chi connectivity index (χ4v) is 2.22. The number of halogens is 1. The van der Waals surface area contributed by atoms with Crippen molar-refractivity contribution in [2.24, 2.45) is 0 Å². The quantitative estimate of drug-likeness (QED) is 0.286. The molecule has 6 heteroatoms. The van der Waals surface area contributed by atoms with E-state index in [1.54, 1.807) is 0 Å². The molecule has 0 bridgehead atoms. The van der Waals surface area contributed by atoms with Gasteiger partial charge in [-0.3, -0.25) is 0 Å². The maximum Gasteiger partial charge on any atom is 0.407 e. The Bertz CT molecular complexity index is 313. The molecule has 1 amide bonds. The smallest absolute Gasteiger partial charge is 0.407 e. The van der Waals surface area contributed by atoms with Crippen LogP contribution in [0.25, 0.3) is 0 Å². The maximum absolute atomic E-state index is 12.1. The largest absolute Gasteiger partial charge is 0.464 e. The summed E-state index contributed by atoms with van der Waals surface area (Å²) in [7, 11) is 0. The summed E-state index contributed by atoms with van der Waals surface area (Å²) in [5.74, 6) is -0.142. The molecule has 1 atom stereocenters. The van der Waals surface area contributed by atoms with Gasteiger partial charge in [0, 0.05) is 0 Å². The van der Waals surface area contributed by atoms with E-state index in [1.165, 1.54) is 0 Å². The SMILES string of the molecule is CCCCCCOC(=O)C(CCCCCC)NC(=O)OCCCl. The van der Waals surface area contributed by atoms with Crippen molar-refractivity contribution >= 4 is 23.7 Å². The van der Waals surface area contributed by atoms with Crippen LogP contribution in [0.1, 0.15) is 71.6 Å². The van der Waals surface area contributed by atoms with Gasteiger partial charge in [-0.25, -0.2) is 9.59 Å². The Kier molecular flexibility index (Phi) is 15.2. The lowest BCUT2D eigenvalue weighted by Gasteiger charge is -2.17. The van der Waals surface area contributed by atoms with Gasteiger partial charge in [-0.2, -0.15) is 0 Å². The highest BCUT2D eigenvalue weighted by molar-refractivity contribution is 6.18. The Morgan fingerprint density at radius 2 is 1.57 bits per heavy atom. The summed E-state index contributed by atoms with van der Waals surface area (Å²) < 4.78 is 10.1. The van der Waals surface area contributed by atoms with Crippen molar-refractivity contribution in [3.8, 4) is 0 Å². The third-order valence-corrected chi connectivity index (χ3v) is 3.63. The average molecular weight is 350 g/mol. The van der Waals surface area contributed by atoms with Crippen LogP contribution in [0.5, 0.6) is 0 Å². The summed E-state index contributed by atoms with van der Waals surface area (Å²) >= 11 is 5.48. The minimum Gasteiger partial charge on any atom is -0.464 e. The van der Waals surface area contributed by atoms with Gasteiger partial charge in [-0.15, -0.1) is 11.6 Å². The van der Waals surface area contributed by atoms with E-state index in [0.29, 0.717) is 13.0 Å². The van der Waals surface area contributed by atoms with Crippen molar-refractivity contribution in [1.29, 1.82) is 0 Å². The summed E-state index contributed by atoms with van der Waals surface area (Å²) in [6, 6.07) is -0.638. The monoisotopic (exact) mass is 349 g/mol. The molecule has 0 radical (unpaired) electrons. The van der Waals surface area contributed by atoms with Crippen LogP contribution in [0.15, 0.2) is 0 Å². The number of carbonyl (C=O) groups excluding carboxylic acids is 2. The molecule has 0 heterocycles. The molecule has 23 heavy (non-hydrogen) atoms. The molecule has 1 N–H and O–H groups in total. The van der Waals surface area contributed by atoms with Gasteiger partial charge >= 0.3 is 12.1 Å². The van der Waals surface area contributed by atoms with E-state index < -0.39 is 12.1 Å². The molecule has 0 saturated carbocycles. The molecule has 0 aromatic heterocycles. The van der Waals surface area contributed by atoms with E-state index in [2.05, 4.69) is 19.2 Å². The number of unbranched alkanes of at least 4 members (excludes halogenated alkanes) is 6. The normalized spacial score (nSPS) is 11.8. The molecule has 0 aliphatic carbocycles. The first-order valence-corrected chi connectivity index (χ1v) is 9.35. The molecule has 136 valence electrons. The topological polar surface area (TPSA) is 64.6 Å². The number of hydrogen-bond donors (Lipinski definition) is 1. The van der Waals surface area contributed by atoms with E-state index in [1.807, 2.05) is 0 Å². The Morgan fingerprint density at radius 3 is 2.17 bits per heavy atom. The predicted molar refractivity (Wildman–Crippen MR) is 92.9 cm³/mol. The minimum absolute atomic E-state index is 0.127. The third-order valence-electron chi connectivity index (χ3n) is 3.48. The zero-order chi connectivity index (χ0) is 17.3. The number of alkyl carbamates (subject to hydrolysis) is 1. The van der Waals surface area contributed by atoms with Gasteiger partial charge in [-0.1, -0.05) is 58.8 Å². The molecule has 0 rings (SSSR count). The lowest BCUT2D eigenvalue weighted by molar-refractivity contribution is -0.146. The lowest BCUT2D eigenvalue weighted by Crippen LogP contribution is -2.42. The summed E-state index contributed by atoms with van der Waals surface area (Å²) in [6.45, 7) is 4.79. The molecule has 1 unspecified atom stereocenters. The van der Waals surface area contributed by atoms with Crippen molar-refractivity contribution in [3.63, 3.8) is 0 Å². The molecular weight excluding hydrogens is 318 g/mol. The second-order valence-corrected chi connectivity index (χ2v) is 5.98. The van der Waals surface area contributed by atoms with Gasteiger partial charge in [0.05, 0.1) is 12.5 Å². The fraction of sp³-hybridized carbons (Fsp3) is 0.882. The zero-order valence-corrected chi connectivity index (χ0v) is 15.3. The van der Waals surface area contributed by atoms with E-state index in [-0.39, 0.29) is 18.5 Å². The molecule has 0 saturated heterocycles. The number of hydrogen-bond acceptors (Lipinski definition) is 4. The minimum atomic E-state index is -0.638. The van der Waals surface area contributed by atoms with Crippen LogP contribution in [-0.4, -0.2) is 37.2 Å². The Balaban J connectivity index is 4.21. The van der Waals surface area contributed by atoms with Crippen molar-refractivity contribution in [3.05, 3.63) is 0 Å². The van der Waals surface area contributed by atoms with Crippen LogP contribution in [0.2, 0.25) is 0 Å². The lowest BCUT2D eigenvalue weighted by atomic mass is 10.1. The van der Waals surface area contributed by atoms with E-state index in [4.69, 9.17) is 21.1 Å². The van der Waals surface area contributed by atoms with Crippen LogP contribution in [0, 0.1) is 0 Å². The van der Waals surface area contributed by atoms with Crippen LogP contribution >= 0.6 is 11.6 Å². The van der Waals surface area contributed by atoms with Gasteiger partial charge in [0.1, 0.15) is 12.6 Å². The summed E-state index contributed by atoms with van der Waals surface area (Å²) in [6.07, 6.45) is 8.30. The molecular formula is C17H32ClNO4. The second kappa shape index (κ2) is 15.9. The highest BCUT2D eigenvalue weighted by atomic mass is 35.5. The number of nitrogens with one attached hydrogen (secondary N) is 1. The molecule has 0 aromatic rings. The first-order valence-electron chi connectivity index (χ1n) is 8.81. The maximum atomic E-state index is 12.1. The van der Waals surface area contributed by atoms with Crippen molar-refractivity contribution in [1.82, 2.24) is 5.32 Å². The molecule has 0 aliphatic rings. The first-order chi connectivity index (χ1) is 11.2. The highest BCUT2D eigenvalue weighted by Crippen LogP contribution is 2.08. The van der Waals surface area contributed by atoms with Gasteiger partial charge in [0.15, 0.2) is 0 Å². The predicted octanol–water partition coefficient (Wildman–Crippen LogP) is 4.41. The Morgan fingerprint density at radius 1 is 0.913 bits per heavy atom. The summed E-state index contributed by atoms with van der Waals surface area (Å²) in [5, 5.41) is 2.59. The number of rotatable bonds is 14. The number of amides is 1. The van der Waals surface area contributed by atoms with E-state index in [9.17, 15) is 9.59 Å². The summed E-state index contributed by atoms with van der Waals surface area (Å²) in [4.78, 5) is 23.8. The molecule has 0 aliphatic heterocycles. The molecule has 0 aromatic carbocycles. The van der Waals surface area contributed by atoms with Gasteiger partial charge in [-0.05, 0) is 12.8 Å². The number of ether oxygens (including phenoxy) is 2. The third kappa shape index (κ3) is 13.2. The number of carbonyl (C=O) groups is 2. The fourth-order valence-electron chi connectivity index (χ4n) is 2.14. The highest BCUT2D eigenvalue weighted by Gasteiger charge is 2.22. The average Bonchev–Trinajstić information content (AvgIpc) is 2.55. The zero-order valence-electron chi connectivity index (χ0n) is 14.6. The first kappa shape index (κ1) is 22.0. The van der Waals surface area contributed by atoms with Crippen LogP contribution in [0.4, 0.5) is 4.79 Å². The van der Waals surface area contributed by atoms with Gasteiger partial charge < -0.3 is 14.8 Å². The summed E-state index contributed by atoms with van der Waals surface area (Å²) in [5.41, 5.74) is 0. The number of esters is 1. The Hall–Kier alpha value is -0.970. The number of alkyl halides is 1. The van der Waals surface area contributed by atoms with Crippen molar-refractivity contribution in [2.75, 3.05) is 19.1 Å². The van der Waals surface area contributed by atoms with Gasteiger partial charge in [0.25, 0.3) is 0 Å².